The Morgan fingerprint density at radius 3 is 2.67 bits per heavy atom. The van der Waals surface area contributed by atoms with Crippen LogP contribution in [0.2, 0.25) is 5.02 Å². The Morgan fingerprint density at radius 1 is 1.12 bits per heavy atom. The minimum Gasteiger partial charge on any atom is -0.496 e. The maximum absolute atomic E-state index is 6.32. The first-order chi connectivity index (χ1) is 11.7. The van der Waals surface area contributed by atoms with Gasteiger partial charge in [0.1, 0.15) is 5.75 Å². The Kier molecular flexibility index (Phi) is 5.12. The second-order valence-electron chi connectivity index (χ2n) is 6.02. The Morgan fingerprint density at radius 2 is 1.92 bits per heavy atom. The van der Waals surface area contributed by atoms with Gasteiger partial charge in [0, 0.05) is 16.0 Å². The fourth-order valence-electron chi connectivity index (χ4n) is 3.22. The molecule has 0 atom stereocenters. The third kappa shape index (κ3) is 3.02. The Labute approximate surface area is 147 Å². The number of hydrogen-bond acceptors (Lipinski definition) is 2. The molecular weight excluding hydrogens is 320 g/mol. The lowest BCUT2D eigenvalue weighted by atomic mass is 9.99. The molecule has 1 aromatic heterocycles. The van der Waals surface area contributed by atoms with Crippen molar-refractivity contribution in [1.82, 2.24) is 4.98 Å². The van der Waals surface area contributed by atoms with Crippen LogP contribution in [0.1, 0.15) is 24.0 Å². The standard InChI is InChI=1S/C20H23ClN2O/c1-13-17(21)11-10-15-14(7-5-6-12-22)20(23-19(13)15)16-8-3-4-9-18(16)24-2/h3-4,8-11,23H,5-7,12,22H2,1-2H3. The number of halogens is 1. The van der Waals surface area contributed by atoms with Crippen LogP contribution in [-0.4, -0.2) is 18.6 Å². The minimum atomic E-state index is 0.719. The zero-order chi connectivity index (χ0) is 17.1. The number of aromatic amines is 1. The molecule has 3 nitrogen and oxygen atoms in total. The smallest absolute Gasteiger partial charge is 0.128 e. The number of nitrogens with one attached hydrogen (secondary N) is 1. The van der Waals surface area contributed by atoms with E-state index >= 15 is 0 Å². The summed E-state index contributed by atoms with van der Waals surface area (Å²) < 4.78 is 5.56. The molecule has 0 bridgehead atoms. The summed E-state index contributed by atoms with van der Waals surface area (Å²) in [5.41, 5.74) is 11.4. The van der Waals surface area contributed by atoms with Gasteiger partial charge in [0.2, 0.25) is 0 Å². The second kappa shape index (κ2) is 7.29. The molecule has 3 aromatic rings. The Hall–Kier alpha value is -1.97. The van der Waals surface area contributed by atoms with Gasteiger partial charge in [0.05, 0.1) is 18.3 Å². The van der Waals surface area contributed by atoms with E-state index in [9.17, 15) is 0 Å². The SMILES string of the molecule is COc1ccccc1-c1[nH]c2c(C)c(Cl)ccc2c1CCCCN. The highest BCUT2D eigenvalue weighted by Crippen LogP contribution is 2.38. The van der Waals surface area contributed by atoms with E-state index in [2.05, 4.69) is 24.0 Å². The van der Waals surface area contributed by atoms with Gasteiger partial charge >= 0.3 is 0 Å². The molecule has 0 aliphatic heterocycles. The highest BCUT2D eigenvalue weighted by molar-refractivity contribution is 6.32. The van der Waals surface area contributed by atoms with Gasteiger partial charge in [-0.25, -0.2) is 0 Å². The van der Waals surface area contributed by atoms with E-state index in [4.69, 9.17) is 22.1 Å². The molecule has 0 aliphatic carbocycles. The molecule has 4 heteroatoms. The van der Waals surface area contributed by atoms with E-state index in [1.807, 2.05) is 24.3 Å². The number of benzene rings is 2. The van der Waals surface area contributed by atoms with Crippen LogP contribution in [0.25, 0.3) is 22.2 Å². The van der Waals surface area contributed by atoms with Crippen molar-refractivity contribution in [3.8, 4) is 17.0 Å². The average molecular weight is 343 g/mol. The zero-order valence-corrected chi connectivity index (χ0v) is 14.9. The molecule has 0 saturated carbocycles. The number of rotatable bonds is 6. The molecule has 0 amide bonds. The molecule has 0 saturated heterocycles. The highest BCUT2D eigenvalue weighted by atomic mass is 35.5. The first-order valence-corrected chi connectivity index (χ1v) is 8.68. The number of fused-ring (bicyclic) bond motifs is 1. The molecule has 0 radical (unpaired) electrons. The van der Waals surface area contributed by atoms with Gasteiger partial charge in [-0.2, -0.15) is 0 Å². The molecule has 3 N–H and O–H groups in total. The van der Waals surface area contributed by atoms with E-state index in [0.29, 0.717) is 0 Å². The van der Waals surface area contributed by atoms with Crippen molar-refractivity contribution in [2.45, 2.75) is 26.2 Å². The van der Waals surface area contributed by atoms with Crippen molar-refractivity contribution in [2.75, 3.05) is 13.7 Å². The minimum absolute atomic E-state index is 0.719. The fourth-order valence-corrected chi connectivity index (χ4v) is 3.38. The largest absolute Gasteiger partial charge is 0.496 e. The van der Waals surface area contributed by atoms with Crippen molar-refractivity contribution >= 4 is 22.5 Å². The van der Waals surface area contributed by atoms with Gasteiger partial charge in [-0.1, -0.05) is 29.8 Å². The zero-order valence-electron chi connectivity index (χ0n) is 14.2. The topological polar surface area (TPSA) is 51.0 Å². The lowest BCUT2D eigenvalue weighted by Crippen LogP contribution is -1.99. The van der Waals surface area contributed by atoms with E-state index in [-0.39, 0.29) is 0 Å². The van der Waals surface area contributed by atoms with Crippen LogP contribution in [0, 0.1) is 6.92 Å². The summed E-state index contributed by atoms with van der Waals surface area (Å²) >= 11 is 6.32. The average Bonchev–Trinajstić information content (AvgIpc) is 2.97. The monoisotopic (exact) mass is 342 g/mol. The van der Waals surface area contributed by atoms with E-state index in [1.165, 1.54) is 10.9 Å². The Bertz CT molecular complexity index is 854. The van der Waals surface area contributed by atoms with Crippen molar-refractivity contribution in [3.05, 3.63) is 52.5 Å². The third-order valence-electron chi connectivity index (χ3n) is 4.53. The predicted octanol–water partition coefficient (Wildman–Crippen LogP) is 5.09. The predicted molar refractivity (Wildman–Crippen MR) is 102 cm³/mol. The normalized spacial score (nSPS) is 11.2. The quantitative estimate of drug-likeness (QED) is 0.613. The van der Waals surface area contributed by atoms with E-state index in [1.54, 1.807) is 7.11 Å². The summed E-state index contributed by atoms with van der Waals surface area (Å²) in [6.07, 6.45) is 3.06. The molecular formula is C20H23ClN2O. The lowest BCUT2D eigenvalue weighted by Gasteiger charge is -2.09. The molecule has 2 aromatic carbocycles. The molecule has 3 rings (SSSR count). The number of aryl methyl sites for hydroxylation is 2. The number of ether oxygens (including phenoxy) is 1. The number of hydrogen-bond donors (Lipinski definition) is 2. The van der Waals surface area contributed by atoms with Crippen LogP contribution in [0.3, 0.4) is 0 Å². The number of H-pyrrole nitrogens is 1. The van der Waals surface area contributed by atoms with E-state index < -0.39 is 0 Å². The third-order valence-corrected chi connectivity index (χ3v) is 4.94. The first-order valence-electron chi connectivity index (χ1n) is 8.30. The van der Waals surface area contributed by atoms with Gasteiger partial charge in [-0.05, 0) is 62.1 Å². The van der Waals surface area contributed by atoms with Crippen molar-refractivity contribution < 1.29 is 4.74 Å². The molecule has 0 unspecified atom stereocenters. The molecule has 126 valence electrons. The maximum Gasteiger partial charge on any atom is 0.128 e. The summed E-state index contributed by atoms with van der Waals surface area (Å²) in [6.45, 7) is 2.77. The highest BCUT2D eigenvalue weighted by Gasteiger charge is 2.17. The molecule has 0 aliphatic rings. The molecule has 24 heavy (non-hydrogen) atoms. The molecule has 0 spiro atoms. The van der Waals surface area contributed by atoms with Crippen LogP contribution in [-0.2, 0) is 6.42 Å². The Balaban J connectivity index is 2.21. The van der Waals surface area contributed by atoms with Crippen LogP contribution < -0.4 is 10.5 Å². The number of unbranched alkanes of at least 4 members (excludes halogenated alkanes) is 1. The van der Waals surface area contributed by atoms with E-state index in [0.717, 1.165) is 58.9 Å². The number of aromatic nitrogens is 1. The van der Waals surface area contributed by atoms with Crippen LogP contribution in [0.15, 0.2) is 36.4 Å². The lowest BCUT2D eigenvalue weighted by molar-refractivity contribution is 0.416. The number of nitrogens with two attached hydrogens (primary N) is 1. The molecule has 1 heterocycles. The summed E-state index contributed by atoms with van der Waals surface area (Å²) in [7, 11) is 1.71. The van der Waals surface area contributed by atoms with Crippen LogP contribution >= 0.6 is 11.6 Å². The van der Waals surface area contributed by atoms with Crippen molar-refractivity contribution in [1.29, 1.82) is 0 Å². The van der Waals surface area contributed by atoms with Gasteiger partial charge in [0.25, 0.3) is 0 Å². The number of para-hydroxylation sites is 1. The van der Waals surface area contributed by atoms with Crippen LogP contribution in [0.5, 0.6) is 5.75 Å². The molecule has 0 fully saturated rings. The first kappa shape index (κ1) is 16.9. The fraction of sp³-hybridized carbons (Fsp3) is 0.300. The summed E-state index contributed by atoms with van der Waals surface area (Å²) in [6, 6.07) is 12.2. The van der Waals surface area contributed by atoms with Gasteiger partial charge in [-0.15, -0.1) is 0 Å². The summed E-state index contributed by atoms with van der Waals surface area (Å²) in [4.78, 5) is 3.60. The van der Waals surface area contributed by atoms with Gasteiger partial charge in [-0.3, -0.25) is 0 Å². The summed E-state index contributed by atoms with van der Waals surface area (Å²) in [5, 5.41) is 2.01. The van der Waals surface area contributed by atoms with Crippen molar-refractivity contribution in [3.63, 3.8) is 0 Å². The van der Waals surface area contributed by atoms with Crippen molar-refractivity contribution in [2.24, 2.45) is 5.73 Å². The van der Waals surface area contributed by atoms with Gasteiger partial charge < -0.3 is 15.5 Å². The van der Waals surface area contributed by atoms with Crippen LogP contribution in [0.4, 0.5) is 0 Å². The maximum atomic E-state index is 6.32. The second-order valence-corrected chi connectivity index (χ2v) is 6.43. The number of methoxy groups -OCH3 is 1. The van der Waals surface area contributed by atoms with Gasteiger partial charge in [0.15, 0.2) is 0 Å². The summed E-state index contributed by atoms with van der Waals surface area (Å²) in [5.74, 6) is 0.868.